The first-order valence-electron chi connectivity index (χ1n) is 23.3. The fraction of sp³-hybridized carbons (Fsp3) is 0.442. The molecule has 354 valence electrons. The number of likely N-dealkylation sites (tertiary alicyclic amines) is 1. The van der Waals surface area contributed by atoms with Gasteiger partial charge in [0.25, 0.3) is 5.91 Å². The molecule has 1 atom stereocenters. The summed E-state index contributed by atoms with van der Waals surface area (Å²) in [5, 5.41) is 12.1. The number of carbonyl (C=O) groups is 5. The summed E-state index contributed by atoms with van der Waals surface area (Å²) >= 11 is 0. The number of H-pyrrole nitrogens is 1. The first kappa shape index (κ1) is 48.2. The Bertz CT molecular complexity index is 2550. The number of carbonyl (C=O) groups excluding carboxylic acids is 5. The van der Waals surface area contributed by atoms with E-state index in [2.05, 4.69) is 36.2 Å². The van der Waals surface area contributed by atoms with Crippen molar-refractivity contribution in [3.63, 3.8) is 0 Å². The maximum Gasteiger partial charge on any atom is 0.410 e. The van der Waals surface area contributed by atoms with Crippen LogP contribution < -0.4 is 21.3 Å². The minimum atomic E-state index is -0.877. The second-order valence-electron chi connectivity index (χ2n) is 19.9. The van der Waals surface area contributed by atoms with E-state index in [4.69, 9.17) is 9.47 Å². The third-order valence-corrected chi connectivity index (χ3v) is 12.1. The number of anilines is 1. The lowest BCUT2D eigenvalue weighted by atomic mass is 9.81. The standard InChI is InChI=1S/C52H64N8O7/c1-32-27-37(47(62)55-39-22-25-60(26-23-39)50(65)67-52(5,6)7)18-20-41(32)35-14-10-33(11-15-35)28-44(59-46(61)36-16-12-34(13-17-36)30-54-49(64)66-51(2,3)4)48(63)56-40-19-21-42-43(29-40)58-45(57-42)38-9-8-24-53-31-38/h8-11,14-15,18-21,24,27,29,31,34,36,39,44H,12-13,16-17,22-23,25-26,28,30H2,1-7H3,(H,54,64)(H,55,62)(H,56,63)(H,57,58)(H,59,61)/t34?,36?,44-/m0/s1. The number of rotatable bonds is 12. The van der Waals surface area contributed by atoms with Gasteiger partial charge in [-0.15, -0.1) is 0 Å². The minimum Gasteiger partial charge on any atom is -0.444 e. The number of hydrogen-bond acceptors (Lipinski definition) is 9. The number of aromatic amines is 1. The molecule has 3 aromatic carbocycles. The topological polar surface area (TPSA) is 197 Å². The van der Waals surface area contributed by atoms with E-state index in [9.17, 15) is 24.0 Å². The molecule has 1 saturated carbocycles. The van der Waals surface area contributed by atoms with Crippen LogP contribution in [0.1, 0.15) is 102 Å². The van der Waals surface area contributed by atoms with Crippen molar-refractivity contribution < 1.29 is 33.4 Å². The van der Waals surface area contributed by atoms with Gasteiger partial charge in [0.1, 0.15) is 23.1 Å². The summed E-state index contributed by atoms with van der Waals surface area (Å²) in [7, 11) is 0. The van der Waals surface area contributed by atoms with E-state index >= 15 is 0 Å². The summed E-state index contributed by atoms with van der Waals surface area (Å²) in [6.45, 7) is 14.5. The van der Waals surface area contributed by atoms with Gasteiger partial charge in [-0.25, -0.2) is 14.6 Å². The van der Waals surface area contributed by atoms with Gasteiger partial charge >= 0.3 is 12.2 Å². The molecule has 1 aliphatic carbocycles. The molecule has 3 heterocycles. The number of fused-ring (bicyclic) bond motifs is 1. The largest absolute Gasteiger partial charge is 0.444 e. The van der Waals surface area contributed by atoms with Crippen molar-refractivity contribution in [2.75, 3.05) is 25.0 Å². The number of aromatic nitrogens is 3. The zero-order valence-corrected chi connectivity index (χ0v) is 39.7. The molecule has 2 fully saturated rings. The zero-order valence-electron chi connectivity index (χ0n) is 39.7. The van der Waals surface area contributed by atoms with E-state index in [0.29, 0.717) is 62.4 Å². The molecule has 0 bridgehead atoms. The highest BCUT2D eigenvalue weighted by atomic mass is 16.6. The molecule has 2 aromatic heterocycles. The van der Waals surface area contributed by atoms with Crippen molar-refractivity contribution in [1.29, 1.82) is 0 Å². The lowest BCUT2D eigenvalue weighted by Gasteiger charge is -2.33. The number of pyridine rings is 1. The Balaban J connectivity index is 0.996. The minimum absolute atomic E-state index is 0.0460. The molecular formula is C52H64N8O7. The third-order valence-electron chi connectivity index (χ3n) is 12.1. The van der Waals surface area contributed by atoms with Crippen LogP contribution in [-0.2, 0) is 25.5 Å². The highest BCUT2D eigenvalue weighted by Crippen LogP contribution is 2.30. The fourth-order valence-electron chi connectivity index (χ4n) is 8.61. The molecule has 7 rings (SSSR count). The number of alkyl carbamates (subject to hydrolysis) is 1. The van der Waals surface area contributed by atoms with Crippen LogP contribution in [0.4, 0.5) is 15.3 Å². The molecule has 67 heavy (non-hydrogen) atoms. The van der Waals surface area contributed by atoms with Crippen molar-refractivity contribution in [2.24, 2.45) is 11.8 Å². The molecule has 2 aliphatic rings. The van der Waals surface area contributed by atoms with E-state index in [1.165, 1.54) is 0 Å². The number of nitrogens with one attached hydrogen (secondary N) is 5. The van der Waals surface area contributed by atoms with Gasteiger partial charge in [0.15, 0.2) is 0 Å². The van der Waals surface area contributed by atoms with Gasteiger partial charge in [-0.1, -0.05) is 30.3 Å². The number of aryl methyl sites for hydroxylation is 1. The van der Waals surface area contributed by atoms with Crippen LogP contribution in [0, 0.1) is 18.8 Å². The summed E-state index contributed by atoms with van der Waals surface area (Å²) in [4.78, 5) is 80.0. The second-order valence-corrected chi connectivity index (χ2v) is 19.9. The predicted octanol–water partition coefficient (Wildman–Crippen LogP) is 8.73. The molecule has 0 radical (unpaired) electrons. The number of piperidine rings is 1. The summed E-state index contributed by atoms with van der Waals surface area (Å²) in [5.74, 6) is -0.0622. The molecule has 0 unspecified atom stereocenters. The average Bonchev–Trinajstić information content (AvgIpc) is 3.72. The summed E-state index contributed by atoms with van der Waals surface area (Å²) in [6.07, 6.45) is 7.00. The van der Waals surface area contributed by atoms with E-state index in [1.807, 2.05) is 115 Å². The highest BCUT2D eigenvalue weighted by molar-refractivity contribution is 5.99. The van der Waals surface area contributed by atoms with Crippen LogP contribution in [0.2, 0.25) is 0 Å². The predicted molar refractivity (Wildman–Crippen MR) is 258 cm³/mol. The van der Waals surface area contributed by atoms with Crippen molar-refractivity contribution in [3.8, 4) is 22.5 Å². The van der Waals surface area contributed by atoms with Gasteiger partial charge in [0.05, 0.1) is 11.0 Å². The van der Waals surface area contributed by atoms with E-state index in [-0.39, 0.29) is 48.1 Å². The Hall–Kier alpha value is -6.77. The van der Waals surface area contributed by atoms with Gasteiger partial charge in [0.2, 0.25) is 11.8 Å². The molecule has 1 aliphatic heterocycles. The van der Waals surface area contributed by atoms with Crippen LogP contribution >= 0.6 is 0 Å². The number of hydrogen-bond donors (Lipinski definition) is 5. The second kappa shape index (κ2) is 20.8. The van der Waals surface area contributed by atoms with Crippen LogP contribution in [0.25, 0.3) is 33.5 Å². The van der Waals surface area contributed by atoms with Gasteiger partial charge in [-0.05, 0) is 158 Å². The van der Waals surface area contributed by atoms with Crippen molar-refractivity contribution in [1.82, 2.24) is 35.8 Å². The Morgan fingerprint density at radius 2 is 1.54 bits per heavy atom. The summed E-state index contributed by atoms with van der Waals surface area (Å²) in [6, 6.07) is 21.9. The number of ether oxygens (including phenoxy) is 2. The maximum atomic E-state index is 14.2. The van der Waals surface area contributed by atoms with Crippen LogP contribution in [0.5, 0.6) is 0 Å². The number of amides is 5. The van der Waals surface area contributed by atoms with E-state index in [1.54, 1.807) is 23.4 Å². The monoisotopic (exact) mass is 912 g/mol. The number of benzene rings is 3. The number of nitrogens with zero attached hydrogens (tertiary/aromatic N) is 3. The van der Waals surface area contributed by atoms with Crippen LogP contribution in [0.15, 0.2) is 85.2 Å². The van der Waals surface area contributed by atoms with Crippen molar-refractivity contribution >= 4 is 46.6 Å². The molecule has 5 amide bonds. The quantitative estimate of drug-likeness (QED) is 0.0813. The fourth-order valence-corrected chi connectivity index (χ4v) is 8.61. The Labute approximate surface area is 392 Å². The SMILES string of the molecule is Cc1cc(C(=O)NC2CCN(C(=O)OC(C)(C)C)CC2)ccc1-c1ccc(C[C@H](NC(=O)C2CCC(CNC(=O)OC(C)(C)C)CC2)C(=O)Nc2ccc3nc(-c4cccnc4)[nH]c3c2)cc1. The lowest BCUT2D eigenvalue weighted by molar-refractivity contribution is -0.130. The lowest BCUT2D eigenvalue weighted by Crippen LogP contribution is -2.48. The Kier molecular flexibility index (Phi) is 15.0. The molecule has 5 N–H and O–H groups in total. The van der Waals surface area contributed by atoms with Crippen molar-refractivity contribution in [2.45, 2.75) is 117 Å². The molecule has 5 aromatic rings. The summed E-state index contributed by atoms with van der Waals surface area (Å²) in [5.41, 5.74) is 6.00. The van der Waals surface area contributed by atoms with Crippen LogP contribution in [-0.4, -0.2) is 92.7 Å². The Morgan fingerprint density at radius 3 is 2.19 bits per heavy atom. The maximum absolute atomic E-state index is 14.2. The van der Waals surface area contributed by atoms with Gasteiger partial charge < -0.3 is 40.6 Å². The van der Waals surface area contributed by atoms with Gasteiger partial charge in [-0.3, -0.25) is 19.4 Å². The smallest absolute Gasteiger partial charge is 0.410 e. The van der Waals surface area contributed by atoms with E-state index < -0.39 is 23.3 Å². The van der Waals surface area contributed by atoms with E-state index in [0.717, 1.165) is 51.7 Å². The molecule has 15 nitrogen and oxygen atoms in total. The molecule has 15 heteroatoms. The third kappa shape index (κ3) is 13.4. The first-order chi connectivity index (χ1) is 31.9. The molecular weight excluding hydrogens is 849 g/mol. The van der Waals surface area contributed by atoms with Gasteiger partial charge in [-0.2, -0.15) is 0 Å². The van der Waals surface area contributed by atoms with Crippen LogP contribution in [0.3, 0.4) is 0 Å². The van der Waals surface area contributed by atoms with Gasteiger partial charge in [0, 0.05) is 67.2 Å². The normalized spacial score (nSPS) is 17.3. The number of imidazole rings is 1. The summed E-state index contributed by atoms with van der Waals surface area (Å²) < 4.78 is 10.9. The molecule has 0 spiro atoms. The zero-order chi connectivity index (χ0) is 47.9. The Morgan fingerprint density at radius 1 is 0.821 bits per heavy atom. The molecule has 1 saturated heterocycles. The first-order valence-corrected chi connectivity index (χ1v) is 23.3. The average molecular weight is 913 g/mol. The van der Waals surface area contributed by atoms with Crippen molar-refractivity contribution in [3.05, 3.63) is 102 Å². The highest BCUT2D eigenvalue weighted by Gasteiger charge is 2.31.